The second-order valence-corrected chi connectivity index (χ2v) is 15.6. The van der Waals surface area contributed by atoms with Gasteiger partial charge in [-0.2, -0.15) is 0 Å². The van der Waals surface area contributed by atoms with E-state index in [2.05, 4.69) is 4.98 Å². The van der Waals surface area contributed by atoms with E-state index in [9.17, 15) is 40.5 Å². The maximum Gasteiger partial charge on any atom is 0.331 e. The first-order valence-electron chi connectivity index (χ1n) is 20.3. The minimum atomic E-state index is -1.49. The Morgan fingerprint density at radius 1 is 0.780 bits per heavy atom. The summed E-state index contributed by atoms with van der Waals surface area (Å²) in [5.41, 5.74) is 1.39. The van der Waals surface area contributed by atoms with Crippen LogP contribution in [0.3, 0.4) is 0 Å². The molecular formula is C46H65NO12. The molecule has 2 aliphatic rings. The van der Waals surface area contributed by atoms with Crippen molar-refractivity contribution in [1.29, 1.82) is 0 Å². The Labute approximate surface area is 348 Å². The Morgan fingerprint density at radius 3 is 2.10 bits per heavy atom. The monoisotopic (exact) mass is 823 g/mol. The average molecular weight is 824 g/mol. The van der Waals surface area contributed by atoms with Crippen LogP contribution in [0.4, 0.5) is 0 Å². The van der Waals surface area contributed by atoms with Crippen LogP contribution in [0.25, 0.3) is 6.08 Å². The van der Waals surface area contributed by atoms with E-state index in [0.717, 1.165) is 5.57 Å². The fraction of sp³-hybridized carbons (Fsp3) is 0.522. The number of carbonyl (C=O) groups is 1. The Hall–Kier alpha value is -4.02. The summed E-state index contributed by atoms with van der Waals surface area (Å²) in [6.45, 7) is 12.4. The second kappa shape index (κ2) is 24.9. The molecule has 0 amide bonds. The van der Waals surface area contributed by atoms with Gasteiger partial charge in [0, 0.05) is 30.3 Å². The number of aromatic nitrogens is 1. The fourth-order valence-corrected chi connectivity index (χ4v) is 6.59. The number of oxazole rings is 1. The summed E-state index contributed by atoms with van der Waals surface area (Å²) in [6, 6.07) is 0. The highest BCUT2D eigenvalue weighted by atomic mass is 16.7. The molecule has 13 nitrogen and oxygen atoms in total. The van der Waals surface area contributed by atoms with Crippen molar-refractivity contribution in [3.8, 4) is 0 Å². The highest BCUT2D eigenvalue weighted by Gasteiger charge is 2.43. The molecule has 1 aromatic rings. The molecule has 0 saturated carbocycles. The highest BCUT2D eigenvalue weighted by Crippen LogP contribution is 2.27. The van der Waals surface area contributed by atoms with Crippen LogP contribution in [0.1, 0.15) is 78.8 Å². The molecule has 0 aromatic carbocycles. The van der Waals surface area contributed by atoms with E-state index >= 15 is 0 Å². The standard InChI is InChI=1S/C46H65NO12/c1-28-18-12-8-11-15-23-40(52)59-44(32(5)37(50)25-31(4)48)29(2)19-13-9-10-14-21-36(49)26-38(51)33(6)45-47-35(27-56-45)20-16-17-22-39(30(3)24-28)58-46-43(55)42(54)41(53)34(7)57-46/h8-24,27,29-34,36-39,41-44,46,48-51,53-55H,25-26H2,1-7H3/b10-9-,11-8-,18-12-,19-13-,20-16-,21-14-,22-17-,23-15-,28-24-. The number of rotatable bonds is 6. The Morgan fingerprint density at radius 2 is 1.41 bits per heavy atom. The Kier molecular flexibility index (Phi) is 20.8. The summed E-state index contributed by atoms with van der Waals surface area (Å²) >= 11 is 0. The van der Waals surface area contributed by atoms with Gasteiger partial charge in [0.05, 0.1) is 42.5 Å². The quantitative estimate of drug-likeness (QED) is 0.190. The van der Waals surface area contributed by atoms with Crippen LogP contribution in [0.5, 0.6) is 0 Å². The number of allylic oxidation sites excluding steroid dienone is 12. The molecule has 326 valence electrons. The molecule has 0 spiro atoms. The van der Waals surface area contributed by atoms with Gasteiger partial charge in [0.25, 0.3) is 0 Å². The summed E-state index contributed by atoms with van der Waals surface area (Å²) < 4.78 is 23.4. The highest BCUT2D eigenvalue weighted by molar-refractivity contribution is 5.82. The lowest BCUT2D eigenvalue weighted by Crippen LogP contribution is -2.58. The van der Waals surface area contributed by atoms with Crippen LogP contribution in [-0.2, 0) is 19.0 Å². The van der Waals surface area contributed by atoms with Gasteiger partial charge >= 0.3 is 5.97 Å². The maximum absolute atomic E-state index is 12.9. The molecule has 13 heteroatoms. The second-order valence-electron chi connectivity index (χ2n) is 15.6. The van der Waals surface area contributed by atoms with Crippen LogP contribution in [0.15, 0.2) is 113 Å². The van der Waals surface area contributed by atoms with Crippen LogP contribution in [0.2, 0.25) is 0 Å². The molecular weight excluding hydrogens is 759 g/mol. The number of hydrogen-bond acceptors (Lipinski definition) is 13. The van der Waals surface area contributed by atoms with Gasteiger partial charge in [-0.25, -0.2) is 9.78 Å². The van der Waals surface area contributed by atoms with Gasteiger partial charge in [-0.05, 0) is 33.3 Å². The van der Waals surface area contributed by atoms with Crippen molar-refractivity contribution in [2.75, 3.05) is 0 Å². The number of aliphatic hydroxyl groups is 7. The lowest BCUT2D eigenvalue weighted by Gasteiger charge is -2.40. The molecule has 3 heterocycles. The van der Waals surface area contributed by atoms with E-state index in [1.54, 1.807) is 107 Å². The van der Waals surface area contributed by atoms with Gasteiger partial charge in [-0.1, -0.05) is 124 Å². The molecule has 2 bridgehead atoms. The average Bonchev–Trinajstić information content (AvgIpc) is 3.66. The number of nitrogens with zero attached hydrogens (tertiary/aromatic N) is 1. The Bertz CT molecular complexity index is 1700. The van der Waals surface area contributed by atoms with E-state index in [0.29, 0.717) is 11.6 Å². The van der Waals surface area contributed by atoms with Gasteiger partial charge < -0.3 is 54.4 Å². The lowest BCUT2D eigenvalue weighted by atomic mass is 9.86. The lowest BCUT2D eigenvalue weighted by molar-refractivity contribution is -0.302. The summed E-state index contributed by atoms with van der Waals surface area (Å²) in [6.07, 6.45) is 19.7. The van der Waals surface area contributed by atoms with Crippen molar-refractivity contribution < 1.29 is 59.2 Å². The normalized spacial score (nSPS) is 39.0. The van der Waals surface area contributed by atoms with E-state index in [1.165, 1.54) is 12.3 Å². The first-order valence-corrected chi connectivity index (χ1v) is 20.3. The first-order chi connectivity index (χ1) is 28.0. The Balaban J connectivity index is 1.91. The SMILES string of the molecule is CC1=C\C(C)C(OC2OC(C)C(O)C(O)C2O)/C=C\C=C/c2coc(n2)C(C)C(O)CC(O)\C=C/C=C\C=C/C(C)C(C(C)C(O)CC(C)O)OC(=O)\C=C/C=C\C=C/1. The van der Waals surface area contributed by atoms with E-state index in [4.69, 9.17) is 18.6 Å². The molecule has 1 saturated heterocycles. The number of hydrogen-bond donors (Lipinski definition) is 7. The molecule has 0 radical (unpaired) electrons. The summed E-state index contributed by atoms with van der Waals surface area (Å²) in [5, 5.41) is 73.3. The minimum absolute atomic E-state index is 0.0378. The molecule has 7 N–H and O–H groups in total. The summed E-state index contributed by atoms with van der Waals surface area (Å²) in [4.78, 5) is 17.4. The zero-order valence-electron chi connectivity index (χ0n) is 35.1. The van der Waals surface area contributed by atoms with Crippen LogP contribution in [-0.4, -0.2) is 114 Å². The molecule has 15 unspecified atom stereocenters. The number of carbonyl (C=O) groups excluding carboxylic acids is 1. The van der Waals surface area contributed by atoms with Gasteiger partial charge in [-0.15, -0.1) is 0 Å². The van der Waals surface area contributed by atoms with Gasteiger partial charge in [0.15, 0.2) is 12.2 Å². The van der Waals surface area contributed by atoms with Crippen LogP contribution in [0, 0.1) is 17.8 Å². The molecule has 1 aromatic heterocycles. The van der Waals surface area contributed by atoms with Crippen molar-refractivity contribution in [1.82, 2.24) is 4.98 Å². The van der Waals surface area contributed by atoms with Crippen molar-refractivity contribution in [2.45, 2.75) is 135 Å². The largest absolute Gasteiger partial charge is 0.458 e. The minimum Gasteiger partial charge on any atom is -0.458 e. The van der Waals surface area contributed by atoms with Gasteiger partial charge in [0.2, 0.25) is 0 Å². The molecule has 2 aliphatic heterocycles. The molecule has 59 heavy (non-hydrogen) atoms. The topological polar surface area (TPSA) is 212 Å². The van der Waals surface area contributed by atoms with Gasteiger partial charge in [-0.3, -0.25) is 0 Å². The summed E-state index contributed by atoms with van der Waals surface area (Å²) in [5.74, 6) is -1.88. The van der Waals surface area contributed by atoms with Gasteiger partial charge in [0.1, 0.15) is 36.4 Å². The fourth-order valence-electron chi connectivity index (χ4n) is 6.59. The van der Waals surface area contributed by atoms with Crippen LogP contribution >= 0.6 is 0 Å². The first kappa shape index (κ1) is 49.3. The van der Waals surface area contributed by atoms with Crippen molar-refractivity contribution >= 4 is 12.0 Å². The number of ether oxygens (including phenoxy) is 3. The number of cyclic esters (lactones) is 1. The molecule has 1 fully saturated rings. The van der Waals surface area contributed by atoms with Crippen molar-refractivity contribution in [3.63, 3.8) is 0 Å². The number of aliphatic hydroxyl groups excluding tert-OH is 7. The third-order valence-electron chi connectivity index (χ3n) is 10.3. The predicted octanol–water partition coefficient (Wildman–Crippen LogP) is 4.92. The van der Waals surface area contributed by atoms with E-state index < -0.39 is 85.1 Å². The number of esters is 1. The third-order valence-corrected chi connectivity index (χ3v) is 10.3. The molecule has 15 atom stereocenters. The van der Waals surface area contributed by atoms with Crippen LogP contribution < -0.4 is 0 Å². The van der Waals surface area contributed by atoms with E-state index in [1.807, 2.05) is 39.0 Å². The smallest absolute Gasteiger partial charge is 0.331 e. The van der Waals surface area contributed by atoms with Crippen molar-refractivity contribution in [3.05, 3.63) is 121 Å². The third kappa shape index (κ3) is 16.5. The maximum atomic E-state index is 12.9. The zero-order valence-corrected chi connectivity index (χ0v) is 35.1. The predicted molar refractivity (Wildman–Crippen MR) is 225 cm³/mol. The molecule has 3 rings (SSSR count). The van der Waals surface area contributed by atoms with Crippen molar-refractivity contribution in [2.24, 2.45) is 17.8 Å². The number of fused-ring (bicyclic) bond motifs is 2. The zero-order chi connectivity index (χ0) is 43.6. The summed E-state index contributed by atoms with van der Waals surface area (Å²) in [7, 11) is 0. The van der Waals surface area contributed by atoms with E-state index in [-0.39, 0.29) is 24.7 Å². The molecule has 0 aliphatic carbocycles.